The van der Waals surface area contributed by atoms with Crippen LogP contribution < -0.4 is 0 Å². The molecule has 0 saturated carbocycles. The Kier molecular flexibility index (Phi) is 5.25. The summed E-state index contributed by atoms with van der Waals surface area (Å²) in [5.41, 5.74) is 0.958. The average molecular weight is 295 g/mol. The minimum Gasteiger partial charge on any atom is -0.466 e. The Morgan fingerprint density at radius 2 is 2.40 bits per heavy atom. The molecule has 0 saturated heterocycles. The van der Waals surface area contributed by atoms with Crippen LogP contribution in [0.4, 0.5) is 0 Å². The SMILES string of the molecule is CCOC(=O)CCN(C)Cc1nc(-c2ccsc2)no1. The summed E-state index contributed by atoms with van der Waals surface area (Å²) in [5, 5.41) is 7.88. The Morgan fingerprint density at radius 1 is 1.55 bits per heavy atom. The first-order valence-corrected chi connectivity index (χ1v) is 7.32. The van der Waals surface area contributed by atoms with Gasteiger partial charge in [0.25, 0.3) is 0 Å². The van der Waals surface area contributed by atoms with Crippen molar-refractivity contribution in [3.05, 3.63) is 22.7 Å². The summed E-state index contributed by atoms with van der Waals surface area (Å²) in [7, 11) is 1.90. The van der Waals surface area contributed by atoms with E-state index < -0.39 is 0 Å². The van der Waals surface area contributed by atoms with E-state index in [4.69, 9.17) is 9.26 Å². The molecule has 7 heteroatoms. The topological polar surface area (TPSA) is 68.5 Å². The van der Waals surface area contributed by atoms with Crippen molar-refractivity contribution in [3.63, 3.8) is 0 Å². The van der Waals surface area contributed by atoms with E-state index in [2.05, 4.69) is 10.1 Å². The highest BCUT2D eigenvalue weighted by Crippen LogP contribution is 2.18. The van der Waals surface area contributed by atoms with Gasteiger partial charge in [0.15, 0.2) is 0 Å². The van der Waals surface area contributed by atoms with Crippen molar-refractivity contribution in [2.75, 3.05) is 20.2 Å². The molecule has 0 amide bonds. The zero-order valence-electron chi connectivity index (χ0n) is 11.5. The molecule has 0 aliphatic carbocycles. The van der Waals surface area contributed by atoms with Crippen LogP contribution in [0.25, 0.3) is 11.4 Å². The van der Waals surface area contributed by atoms with Crippen molar-refractivity contribution < 1.29 is 14.1 Å². The molecule has 0 radical (unpaired) electrons. The van der Waals surface area contributed by atoms with Gasteiger partial charge in [-0.2, -0.15) is 16.3 Å². The molecular formula is C13H17N3O3S. The highest BCUT2D eigenvalue weighted by atomic mass is 32.1. The highest BCUT2D eigenvalue weighted by molar-refractivity contribution is 7.08. The highest BCUT2D eigenvalue weighted by Gasteiger charge is 2.12. The lowest BCUT2D eigenvalue weighted by atomic mass is 10.3. The van der Waals surface area contributed by atoms with Gasteiger partial charge in [-0.05, 0) is 25.4 Å². The van der Waals surface area contributed by atoms with Crippen molar-refractivity contribution in [1.82, 2.24) is 15.0 Å². The first kappa shape index (κ1) is 14.7. The zero-order chi connectivity index (χ0) is 14.4. The molecule has 0 aromatic carbocycles. The van der Waals surface area contributed by atoms with Gasteiger partial charge in [-0.25, -0.2) is 0 Å². The van der Waals surface area contributed by atoms with E-state index in [1.165, 1.54) is 0 Å². The fourth-order valence-corrected chi connectivity index (χ4v) is 2.29. The number of esters is 1. The second kappa shape index (κ2) is 7.16. The molecule has 0 fully saturated rings. The van der Waals surface area contributed by atoms with Gasteiger partial charge in [-0.3, -0.25) is 9.69 Å². The van der Waals surface area contributed by atoms with E-state index in [-0.39, 0.29) is 5.97 Å². The van der Waals surface area contributed by atoms with Crippen LogP contribution in [0.1, 0.15) is 19.2 Å². The monoisotopic (exact) mass is 295 g/mol. The van der Waals surface area contributed by atoms with Gasteiger partial charge in [-0.15, -0.1) is 0 Å². The Bertz CT molecular complexity index is 539. The van der Waals surface area contributed by atoms with Crippen LogP contribution in [0.5, 0.6) is 0 Å². The number of ether oxygens (including phenoxy) is 1. The molecule has 0 aliphatic heterocycles. The number of aromatic nitrogens is 2. The molecule has 2 aromatic heterocycles. The van der Waals surface area contributed by atoms with Crippen LogP contribution in [0.15, 0.2) is 21.3 Å². The van der Waals surface area contributed by atoms with Crippen LogP contribution >= 0.6 is 11.3 Å². The number of carbonyl (C=O) groups excluding carboxylic acids is 1. The molecule has 0 bridgehead atoms. The van der Waals surface area contributed by atoms with E-state index in [0.29, 0.717) is 37.8 Å². The predicted molar refractivity (Wildman–Crippen MR) is 75.2 cm³/mol. The fraction of sp³-hybridized carbons (Fsp3) is 0.462. The van der Waals surface area contributed by atoms with Gasteiger partial charge < -0.3 is 9.26 Å². The van der Waals surface area contributed by atoms with Crippen molar-refractivity contribution in [3.8, 4) is 11.4 Å². The van der Waals surface area contributed by atoms with Crippen molar-refractivity contribution >= 4 is 17.3 Å². The lowest BCUT2D eigenvalue weighted by Crippen LogP contribution is -2.22. The van der Waals surface area contributed by atoms with Gasteiger partial charge in [0.1, 0.15) is 0 Å². The molecule has 0 spiro atoms. The van der Waals surface area contributed by atoms with E-state index >= 15 is 0 Å². The van der Waals surface area contributed by atoms with E-state index in [1.807, 2.05) is 28.8 Å². The Morgan fingerprint density at radius 3 is 3.10 bits per heavy atom. The van der Waals surface area contributed by atoms with Crippen molar-refractivity contribution in [2.24, 2.45) is 0 Å². The second-order valence-electron chi connectivity index (χ2n) is 4.32. The van der Waals surface area contributed by atoms with Gasteiger partial charge in [0, 0.05) is 17.5 Å². The summed E-state index contributed by atoms with van der Waals surface area (Å²) in [6.07, 6.45) is 0.357. The molecule has 20 heavy (non-hydrogen) atoms. The van der Waals surface area contributed by atoms with Crippen LogP contribution in [0.2, 0.25) is 0 Å². The Balaban J connectivity index is 1.83. The van der Waals surface area contributed by atoms with Crippen LogP contribution in [0, 0.1) is 0 Å². The number of nitrogens with zero attached hydrogens (tertiary/aromatic N) is 3. The summed E-state index contributed by atoms with van der Waals surface area (Å²) in [6, 6.07) is 1.95. The zero-order valence-corrected chi connectivity index (χ0v) is 12.4. The summed E-state index contributed by atoms with van der Waals surface area (Å²) in [4.78, 5) is 17.5. The Labute approximate surface area is 121 Å². The van der Waals surface area contributed by atoms with E-state index in [0.717, 1.165) is 5.56 Å². The summed E-state index contributed by atoms with van der Waals surface area (Å²) in [5.74, 6) is 0.946. The molecule has 2 rings (SSSR count). The van der Waals surface area contributed by atoms with Gasteiger partial charge in [-0.1, -0.05) is 5.16 Å². The number of hydrogen-bond donors (Lipinski definition) is 0. The largest absolute Gasteiger partial charge is 0.466 e. The standard InChI is InChI=1S/C13H17N3O3S/c1-3-18-12(17)4-6-16(2)8-11-14-13(15-19-11)10-5-7-20-9-10/h5,7,9H,3-4,6,8H2,1-2H3. The number of hydrogen-bond acceptors (Lipinski definition) is 7. The molecule has 0 unspecified atom stereocenters. The van der Waals surface area contributed by atoms with E-state index in [1.54, 1.807) is 18.3 Å². The third kappa shape index (κ3) is 4.14. The summed E-state index contributed by atoms with van der Waals surface area (Å²) in [6.45, 7) is 3.31. The predicted octanol–water partition coefficient (Wildman–Crippen LogP) is 2.18. The van der Waals surface area contributed by atoms with Gasteiger partial charge >= 0.3 is 5.97 Å². The van der Waals surface area contributed by atoms with E-state index in [9.17, 15) is 4.79 Å². The van der Waals surface area contributed by atoms with Crippen LogP contribution in [-0.2, 0) is 16.1 Å². The number of rotatable bonds is 7. The maximum Gasteiger partial charge on any atom is 0.307 e. The van der Waals surface area contributed by atoms with Crippen molar-refractivity contribution in [2.45, 2.75) is 19.9 Å². The minimum absolute atomic E-state index is 0.191. The third-order valence-electron chi connectivity index (χ3n) is 2.66. The van der Waals surface area contributed by atoms with Gasteiger partial charge in [0.2, 0.25) is 11.7 Å². The quantitative estimate of drug-likeness (QED) is 0.729. The maximum absolute atomic E-state index is 11.3. The lowest BCUT2D eigenvalue weighted by Gasteiger charge is -2.12. The minimum atomic E-state index is -0.191. The first-order valence-electron chi connectivity index (χ1n) is 6.38. The third-order valence-corrected chi connectivity index (χ3v) is 3.34. The molecule has 108 valence electrons. The molecule has 6 nitrogen and oxygen atoms in total. The number of thiophene rings is 1. The lowest BCUT2D eigenvalue weighted by molar-refractivity contribution is -0.143. The molecule has 2 aromatic rings. The smallest absolute Gasteiger partial charge is 0.307 e. The van der Waals surface area contributed by atoms with Gasteiger partial charge in [0.05, 0.1) is 19.6 Å². The summed E-state index contributed by atoms with van der Waals surface area (Å²) >= 11 is 1.59. The van der Waals surface area contributed by atoms with Crippen molar-refractivity contribution in [1.29, 1.82) is 0 Å². The average Bonchev–Trinajstić information content (AvgIpc) is 3.07. The normalized spacial score (nSPS) is 10.9. The first-order chi connectivity index (χ1) is 9.69. The van der Waals surface area contributed by atoms with Crippen LogP contribution in [0.3, 0.4) is 0 Å². The molecule has 2 heterocycles. The molecule has 0 atom stereocenters. The molecule has 0 N–H and O–H groups in total. The van der Waals surface area contributed by atoms with Crippen LogP contribution in [-0.4, -0.2) is 41.2 Å². The fourth-order valence-electron chi connectivity index (χ4n) is 1.65. The summed E-state index contributed by atoms with van der Waals surface area (Å²) < 4.78 is 10.1. The molecule has 0 aliphatic rings. The molecular weight excluding hydrogens is 278 g/mol. The second-order valence-corrected chi connectivity index (χ2v) is 5.10. The Hall–Kier alpha value is -1.73. The number of carbonyl (C=O) groups is 1. The maximum atomic E-state index is 11.3.